The van der Waals surface area contributed by atoms with Crippen LogP contribution in [0, 0.1) is 17.1 Å². The van der Waals surface area contributed by atoms with Gasteiger partial charge in [0, 0.05) is 23.4 Å². The van der Waals surface area contributed by atoms with E-state index in [0.717, 1.165) is 15.3 Å². The van der Waals surface area contributed by atoms with E-state index in [1.54, 1.807) is 24.3 Å². The number of halogens is 1. The summed E-state index contributed by atoms with van der Waals surface area (Å²) in [5.41, 5.74) is -1.43. The minimum Gasteiger partial charge on any atom is -0.414 e. The number of aromatic nitrogens is 7. The number of aliphatic hydroxyl groups is 2. The molecule has 0 amide bonds. The molecule has 2 saturated heterocycles. The molecule has 2 aliphatic heterocycles. The highest BCUT2D eigenvalue weighted by atomic mass is 31.2. The van der Waals surface area contributed by atoms with Crippen molar-refractivity contribution in [1.82, 2.24) is 33.6 Å². The van der Waals surface area contributed by atoms with Gasteiger partial charge in [0.2, 0.25) is 0 Å². The Labute approximate surface area is 474 Å². The molecular weight excluding hydrogens is 1150 g/mol. The van der Waals surface area contributed by atoms with Crippen molar-refractivity contribution < 1.29 is 74.0 Å². The number of hydrogen-bond donors (Lipinski definition) is 5. The highest BCUT2D eigenvalue weighted by molar-refractivity contribution is 7.48. The molecule has 5 N–H and O–H groups in total. The number of imidazole rings is 1. The van der Waals surface area contributed by atoms with Gasteiger partial charge < -0.3 is 51.9 Å². The van der Waals surface area contributed by atoms with Crippen molar-refractivity contribution in [3.63, 3.8) is 0 Å². The predicted molar refractivity (Wildman–Crippen MR) is 302 cm³/mol. The van der Waals surface area contributed by atoms with E-state index in [2.05, 4.69) is 25.3 Å². The second kappa shape index (κ2) is 25.6. The van der Waals surface area contributed by atoms with E-state index >= 15 is 8.96 Å². The number of hydrogen-bond acceptors (Lipinski definition) is 21. The summed E-state index contributed by atoms with van der Waals surface area (Å²) in [6, 6.07) is 10.7. The van der Waals surface area contributed by atoms with Crippen molar-refractivity contribution in [3.8, 4) is 6.07 Å². The number of aliphatic hydroxyl groups excluding tert-OH is 2. The van der Waals surface area contributed by atoms with Crippen LogP contribution < -0.4 is 10.9 Å². The number of rotatable bonds is 26. The number of ether oxygens (including phenoxy) is 2. The maximum Gasteiger partial charge on any atom is 0.695 e. The van der Waals surface area contributed by atoms with Gasteiger partial charge in [-0.3, -0.25) is 22.9 Å². The number of nitrogens with one attached hydrogen (secondary N) is 1. The first-order chi connectivity index (χ1) is 37.9. The Kier molecular flexibility index (Phi) is 20.4. The van der Waals surface area contributed by atoms with Crippen LogP contribution >= 0.6 is 16.1 Å². The van der Waals surface area contributed by atoms with Crippen LogP contribution in [-0.2, 0) is 56.7 Å². The number of benzene rings is 1. The molecule has 4 aromatic heterocycles. The lowest BCUT2D eigenvalue weighted by atomic mass is 10.1. The molecule has 31 heteroatoms. The number of nitriles is 1. The molecule has 5 aromatic rings. The third-order valence-electron chi connectivity index (χ3n) is 15.4. The van der Waals surface area contributed by atoms with Crippen molar-refractivity contribution in [1.29, 1.82) is 5.26 Å². The first kappa shape index (κ1) is 64.4. The second-order valence-electron chi connectivity index (χ2n) is 23.0. The first-order valence-electron chi connectivity index (χ1n) is 26.8. The van der Waals surface area contributed by atoms with Crippen LogP contribution in [0.25, 0.3) is 22.2 Å². The van der Waals surface area contributed by atoms with E-state index < -0.39 is 150 Å². The van der Waals surface area contributed by atoms with E-state index in [9.17, 15) is 34.5 Å². The average molecular weight is 1230 g/mol. The molecule has 0 bridgehead atoms. The van der Waals surface area contributed by atoms with Crippen LogP contribution in [0.3, 0.4) is 0 Å². The molecule has 0 spiro atoms. The molecule has 2 fully saturated rings. The van der Waals surface area contributed by atoms with Crippen LogP contribution in [0.1, 0.15) is 107 Å². The van der Waals surface area contributed by atoms with Crippen LogP contribution in [0.15, 0.2) is 60.3 Å². The second-order valence-corrected chi connectivity index (χ2v) is 38.7. The van der Waals surface area contributed by atoms with Crippen LogP contribution in [0.5, 0.6) is 0 Å². The monoisotopic (exact) mass is 1220 g/mol. The topological polar surface area (TPSA) is 317 Å². The Hall–Kier alpha value is -4.13. The zero-order valence-corrected chi connectivity index (χ0v) is 52.9. The number of nitrogens with zero attached hydrogens (tertiary/aromatic N) is 8. The van der Waals surface area contributed by atoms with Gasteiger partial charge in [0.15, 0.2) is 61.6 Å². The summed E-state index contributed by atoms with van der Waals surface area (Å²) in [7, 11) is -17.6. The molecule has 1 aromatic carbocycles. The standard InChI is InChI=1S/C50H76FN9O16P2Si3/c1-29(2)80(67,30(3)4)76-81(31(5)6,32(7)8)75-40-35(24-61)70-48(59-23-34(51)37-44(59)56-27-58(12)47(37)63)41(40)73-78(66,68-22-18-21-52)69-25-36-39(72-77(64)65)42(74-79(13,14)50(9,10)11)49(71-36)60-28-55-38-43(53-26-54-45(38)60)57-46(62)33-19-16-15-17-20-33/h15-17,19-20,23,26-32,35-36,39-42,46,48-49,61-62,67H,18,22,24-25H2,1-14H3,(H-,53,54,57,64,65)/p+1/t35-,36-,39-,40-,41-,42-,46?,48-,49-,78?/m1/s1. The largest absolute Gasteiger partial charge is 0.695 e. The first-order valence-corrected chi connectivity index (χ1v) is 36.3. The van der Waals surface area contributed by atoms with Gasteiger partial charge in [0.25, 0.3) is 5.56 Å². The van der Waals surface area contributed by atoms with Gasteiger partial charge in [-0.1, -0.05) is 106 Å². The summed E-state index contributed by atoms with van der Waals surface area (Å²) < 4.78 is 108. The number of aryl methyl sites for hydroxylation is 1. The summed E-state index contributed by atoms with van der Waals surface area (Å²) in [5.74, 6) is -0.824. The molecule has 446 valence electrons. The summed E-state index contributed by atoms with van der Waals surface area (Å²) in [6.07, 6.45) is -8.27. The highest BCUT2D eigenvalue weighted by Crippen LogP contribution is 2.57. The van der Waals surface area contributed by atoms with E-state index in [0.29, 0.717) is 5.56 Å². The van der Waals surface area contributed by atoms with Crippen molar-refractivity contribution in [3.05, 3.63) is 77.2 Å². The highest BCUT2D eigenvalue weighted by Gasteiger charge is 2.61. The van der Waals surface area contributed by atoms with Gasteiger partial charge >= 0.3 is 33.2 Å². The Morgan fingerprint density at radius 2 is 1.52 bits per heavy atom. The third-order valence-corrected chi connectivity index (χ3v) is 31.5. The van der Waals surface area contributed by atoms with Gasteiger partial charge in [-0.2, -0.15) is 5.26 Å². The number of phosphoric ester groups is 1. The lowest BCUT2D eigenvalue weighted by Crippen LogP contribution is -2.62. The zero-order valence-electron chi connectivity index (χ0n) is 48.1. The minimum atomic E-state index is -5.18. The van der Waals surface area contributed by atoms with Crippen molar-refractivity contribution in [2.45, 2.75) is 178 Å². The molecule has 0 aliphatic carbocycles. The van der Waals surface area contributed by atoms with E-state index in [-0.39, 0.29) is 40.1 Å². The van der Waals surface area contributed by atoms with Gasteiger partial charge in [-0.05, 0) is 40.3 Å². The molecule has 7 rings (SSSR count). The number of anilines is 1. The average Bonchev–Trinajstić information content (AvgIpc) is 4.17. The Bertz CT molecular complexity index is 3130. The van der Waals surface area contributed by atoms with Crippen molar-refractivity contribution >= 4 is 69.5 Å². The maximum absolute atomic E-state index is 16.1. The minimum absolute atomic E-state index is 0.161. The molecule has 11 atom stereocenters. The Balaban J connectivity index is 1.33. The lowest BCUT2D eigenvalue weighted by molar-refractivity contribution is -0.0628. The molecule has 0 saturated carbocycles. The summed E-state index contributed by atoms with van der Waals surface area (Å²) in [4.78, 5) is 54.2. The van der Waals surface area contributed by atoms with Crippen molar-refractivity contribution in [2.75, 3.05) is 25.1 Å². The van der Waals surface area contributed by atoms with E-state index in [1.807, 2.05) is 101 Å². The molecule has 3 unspecified atom stereocenters. The summed E-state index contributed by atoms with van der Waals surface area (Å²) in [5, 5.41) is 34.1. The summed E-state index contributed by atoms with van der Waals surface area (Å²) >= 11 is 0. The van der Waals surface area contributed by atoms with Crippen LogP contribution in [0.2, 0.25) is 40.3 Å². The molecule has 0 radical (unpaired) electrons. The molecule has 25 nitrogen and oxygen atoms in total. The lowest BCUT2D eigenvalue weighted by Gasteiger charge is -2.47. The van der Waals surface area contributed by atoms with E-state index in [1.165, 1.54) is 30.6 Å². The molecule has 6 heterocycles. The van der Waals surface area contributed by atoms with Gasteiger partial charge in [0.05, 0.1) is 45.0 Å². The fraction of sp³-hybridized carbons (Fsp3) is 0.640. The van der Waals surface area contributed by atoms with Gasteiger partial charge in [-0.15, -0.1) is 9.42 Å². The Morgan fingerprint density at radius 3 is 2.11 bits per heavy atom. The van der Waals surface area contributed by atoms with Crippen LogP contribution in [-0.4, -0.2) is 135 Å². The Morgan fingerprint density at radius 1 is 0.877 bits per heavy atom. The quantitative estimate of drug-likeness (QED) is 0.0150. The zero-order chi connectivity index (χ0) is 59.7. The number of fused-ring (bicyclic) bond motifs is 2. The van der Waals surface area contributed by atoms with Gasteiger partial charge in [-0.25, -0.2) is 28.9 Å². The molecular formula is C50H77FN9O16P2Si3+. The van der Waals surface area contributed by atoms with E-state index in [4.69, 9.17) is 40.5 Å². The fourth-order valence-corrected chi connectivity index (χ4v) is 22.9. The smallest absolute Gasteiger partial charge is 0.414 e. The fourth-order valence-electron chi connectivity index (χ4n) is 9.83. The number of phosphoric acid groups is 1. The molecule has 2 aliphatic rings. The summed E-state index contributed by atoms with van der Waals surface area (Å²) in [6.45, 7) is 22.8. The SMILES string of the molecule is CC(C)[Si](O)(O[Si](O[C@H]1[C@@H](OP(=O)(OCCC#N)OC[C@H]2O[C@@H](n3cnc4c(NC(O)c5ccccc5)ncnc43)[C@H](O[Si](C)(C)C(C)(C)C)[C@@H]2O[P+](=O)O)[C@H](n2cc(F)c3c(=O)n(C)cnc32)O[C@@H]1CO)(C(C)C)C(C)C)C(C)C. The molecule has 81 heavy (non-hydrogen) atoms. The van der Waals surface area contributed by atoms with Crippen LogP contribution in [0.4, 0.5) is 10.2 Å². The predicted octanol–water partition coefficient (Wildman–Crippen LogP) is 8.39. The third kappa shape index (κ3) is 13.4. The normalized spacial score (nSPS) is 23.6. The maximum atomic E-state index is 16.1. The van der Waals surface area contributed by atoms with Gasteiger partial charge in [0.1, 0.15) is 42.2 Å². The van der Waals surface area contributed by atoms with Crippen molar-refractivity contribution in [2.24, 2.45) is 7.05 Å².